The van der Waals surface area contributed by atoms with Crippen molar-refractivity contribution in [1.29, 1.82) is 0 Å². The molecule has 1 aliphatic heterocycles. The van der Waals surface area contributed by atoms with Crippen molar-refractivity contribution >= 4 is 104 Å². The van der Waals surface area contributed by atoms with Gasteiger partial charge in [0, 0.05) is 107 Å². The van der Waals surface area contributed by atoms with Crippen LogP contribution in [-0.4, -0.2) is 139 Å². The molecular weight excluding hydrogens is 1950 g/mol. The Balaban J connectivity index is 0.000000248. The van der Waals surface area contributed by atoms with Crippen LogP contribution in [0.5, 0.6) is 11.5 Å². The van der Waals surface area contributed by atoms with Crippen molar-refractivity contribution in [3.8, 4) is 53.8 Å². The molecule has 634 valence electrons. The minimum Gasteiger partial charge on any atom is -0.508 e. The van der Waals surface area contributed by atoms with Crippen molar-refractivity contribution in [2.24, 2.45) is 4.99 Å². The van der Waals surface area contributed by atoms with Crippen molar-refractivity contribution in [2.75, 3.05) is 39.5 Å². The van der Waals surface area contributed by atoms with E-state index in [1.165, 1.54) is 59.3 Å². The van der Waals surface area contributed by atoms with E-state index in [0.29, 0.717) is 49.0 Å². The van der Waals surface area contributed by atoms with E-state index in [1.54, 1.807) is 97.3 Å². The zero-order chi connectivity index (χ0) is 83.4. The summed E-state index contributed by atoms with van der Waals surface area (Å²) >= 11 is 6.93. The van der Waals surface area contributed by atoms with E-state index < -0.39 is 42.8 Å². The zero-order valence-corrected chi connectivity index (χ0v) is 74.4. The number of phenols is 1. The van der Waals surface area contributed by atoms with E-state index in [4.69, 9.17) is 34.3 Å². The van der Waals surface area contributed by atoms with Crippen molar-refractivity contribution < 1.29 is 104 Å². The fraction of sp³-hybridized carbons (Fsp3) is 0.253. The van der Waals surface area contributed by atoms with Crippen LogP contribution in [0.15, 0.2) is 272 Å². The molecule has 14 aromatic rings. The predicted octanol–water partition coefficient (Wildman–Crippen LogP) is 20.1. The average molecular weight is 2050 g/mol. The van der Waals surface area contributed by atoms with Gasteiger partial charge in [0.25, 0.3) is 0 Å². The van der Waals surface area contributed by atoms with Crippen LogP contribution in [0.4, 0.5) is 4.79 Å². The third-order valence-electron chi connectivity index (χ3n) is 16.6. The molecule has 25 heteroatoms. The first-order chi connectivity index (χ1) is 56.8. The van der Waals surface area contributed by atoms with E-state index in [9.17, 15) is 29.7 Å². The molecule has 0 bridgehead atoms. The predicted molar refractivity (Wildman–Crippen MR) is 478 cm³/mol. The van der Waals surface area contributed by atoms with Gasteiger partial charge in [-0.25, -0.2) is 64.7 Å². The Morgan fingerprint density at radius 3 is 1.17 bits per heavy atom. The van der Waals surface area contributed by atoms with Crippen LogP contribution in [-0.2, 0) is 76.9 Å². The number of phenolic OH excluding ortho intramolecular Hbond substituents is 1. The van der Waals surface area contributed by atoms with Crippen LogP contribution in [0.2, 0.25) is 0 Å². The third-order valence-corrected chi connectivity index (χ3v) is 20.9. The summed E-state index contributed by atoms with van der Waals surface area (Å²) in [5.41, 5.74) is 6.90. The quantitative estimate of drug-likeness (QED) is 0.00432. The number of pyridine rings is 4. The Bertz CT molecular complexity index is 4710. The van der Waals surface area contributed by atoms with Crippen LogP contribution in [0.25, 0.3) is 82.6 Å². The molecule has 1 saturated heterocycles. The number of aromatic nitrogens is 4. The largest absolute Gasteiger partial charge is 0.508 e. The summed E-state index contributed by atoms with van der Waals surface area (Å²) in [6, 6.07) is 84.3. The van der Waals surface area contributed by atoms with Gasteiger partial charge in [0.15, 0.2) is 6.29 Å². The fourth-order valence-corrected chi connectivity index (χ4v) is 14.6. The number of aryl methyl sites for hydroxylation is 2. The Morgan fingerprint density at radius 1 is 0.517 bits per heavy atom. The van der Waals surface area contributed by atoms with Crippen LogP contribution in [0.1, 0.15) is 84.8 Å². The van der Waals surface area contributed by atoms with Crippen molar-refractivity contribution in [3.63, 3.8) is 0 Å². The van der Waals surface area contributed by atoms with Gasteiger partial charge in [-0.15, -0.1) is 94.3 Å². The molecule has 5 unspecified atom stereocenters. The monoisotopic (exact) mass is 2050 g/mol. The van der Waals surface area contributed by atoms with Gasteiger partial charge < -0.3 is 74.8 Å². The number of isocyanates is 1. The summed E-state index contributed by atoms with van der Waals surface area (Å²) < 4.78 is 24.7. The molecule has 2 radical (unpaired) electrons. The minimum atomic E-state index is -0.961. The van der Waals surface area contributed by atoms with Crippen molar-refractivity contribution in [1.82, 2.24) is 25.3 Å². The van der Waals surface area contributed by atoms with E-state index in [2.05, 4.69) is 140 Å². The number of aliphatic hydroxyl groups is 5. The van der Waals surface area contributed by atoms with E-state index in [-0.39, 0.29) is 79.7 Å². The van der Waals surface area contributed by atoms with Gasteiger partial charge in [-0.2, -0.15) is 0 Å². The van der Waals surface area contributed by atoms with Gasteiger partial charge in [-0.1, -0.05) is 142 Å². The summed E-state index contributed by atoms with van der Waals surface area (Å²) in [7, 11) is 0. The summed E-state index contributed by atoms with van der Waals surface area (Å²) in [5.74, 6) is 0.132. The smallest absolute Gasteiger partial charge is 0.412 e. The first kappa shape index (κ1) is 101. The molecule has 0 aliphatic carbocycles. The number of hydrogen-bond donors (Lipinski definition) is 7. The summed E-state index contributed by atoms with van der Waals surface area (Å²) in [6.45, 7) is 16.0. The van der Waals surface area contributed by atoms with E-state index in [0.717, 1.165) is 73.0 Å². The van der Waals surface area contributed by atoms with Crippen LogP contribution < -0.4 is 10.1 Å². The number of hydrogen-bond acceptors (Lipinski definition) is 22. The molecule has 5 atom stereocenters. The summed E-state index contributed by atoms with van der Waals surface area (Å²) in [4.78, 5) is 57.3. The third kappa shape index (κ3) is 37.4. The molecular formula is C95H100Ir2N6O13S4-4. The number of rotatable bonds is 24. The summed E-state index contributed by atoms with van der Waals surface area (Å²) in [6.07, 6.45) is 10.9. The van der Waals surface area contributed by atoms with Gasteiger partial charge in [0.2, 0.25) is 6.08 Å². The standard InChI is InChI=1S/C19H27NO6.4C13H8NS.C12H18O3.C7H11NO3.C4H8O.CH4.2Ir/c1-13(2)18(23)25-11-10-20-19(24)26-17-8-5-15(6-9-17)4-7-16(22)12-14(3)21;4*1-2-7-12-10(5-1)9-13(15-12)11-6-3-4-8-14-11;1-9(13)8-12(15)7-4-10-2-5-11(14)6-3-10;1-6(2)7(10)11-4-3-8-5-9;1-2-4-5-3-1;;;/h5-6,8-9,14,16,21-22H,1,4,7,10-12H2,2-3H3,(H,20,24);4*1-8H;2-3,5-6,9,12-15H,4,7-8H2,1H3;7,10H,1,3-4H2,2H3;1-4H2;1H4;;/q;4*-1;;;;;;. The molecule has 19 nitrogen and oxygen atoms in total. The number of ether oxygens (including phenoxy) is 4. The van der Waals surface area contributed by atoms with E-state index >= 15 is 0 Å². The van der Waals surface area contributed by atoms with Crippen molar-refractivity contribution in [3.05, 3.63) is 303 Å². The number of amides is 1. The van der Waals surface area contributed by atoms with Crippen LogP contribution >= 0.6 is 45.3 Å². The first-order valence-electron chi connectivity index (χ1n) is 38.0. The second kappa shape index (κ2) is 56.7. The number of carbonyl (C=O) groups is 2. The number of aliphatic imine (C=N–C) groups is 1. The van der Waals surface area contributed by atoms with Gasteiger partial charge in [0.05, 0.1) is 44.1 Å². The second-order valence-corrected chi connectivity index (χ2v) is 30.7. The maximum Gasteiger partial charge on any atom is 0.412 e. The molecule has 120 heavy (non-hydrogen) atoms. The number of nitrogens with zero attached hydrogens (tertiary/aromatic N) is 5. The van der Waals surface area contributed by atoms with Gasteiger partial charge in [0.1, 0.15) is 18.1 Å². The Morgan fingerprint density at radius 2 is 0.867 bits per heavy atom. The van der Waals surface area contributed by atoms with Crippen molar-refractivity contribution in [2.45, 2.75) is 117 Å². The van der Waals surface area contributed by atoms with Crippen LogP contribution in [0.3, 0.4) is 0 Å². The number of aliphatic hydroxyl groups excluding tert-OH is 5. The topological polar surface area (TPSA) is 285 Å². The molecule has 9 heterocycles. The molecule has 1 fully saturated rings. The maximum atomic E-state index is 11.6. The van der Waals surface area contributed by atoms with Gasteiger partial charge in [-0.05, 0) is 183 Å². The van der Waals surface area contributed by atoms with Gasteiger partial charge in [-0.3, -0.25) is 0 Å². The number of nitrogens with one attached hydrogen (secondary N) is 1. The zero-order valence-electron chi connectivity index (χ0n) is 66.4. The first-order valence-corrected chi connectivity index (χ1v) is 41.3. The molecule has 1 amide bonds. The molecule has 7 N–H and O–H groups in total. The van der Waals surface area contributed by atoms with Gasteiger partial charge >= 0.3 is 12.1 Å². The Hall–Kier alpha value is -9.82. The molecule has 8 aromatic heterocycles. The maximum absolute atomic E-state index is 11.6. The Labute approximate surface area is 745 Å². The van der Waals surface area contributed by atoms with E-state index in [1.807, 2.05) is 146 Å². The fourth-order valence-electron chi connectivity index (χ4n) is 10.7. The number of benzene rings is 6. The minimum absolute atomic E-state index is 0. The second-order valence-electron chi connectivity index (χ2n) is 26.5. The molecule has 15 rings (SSSR count). The number of esters is 1. The average Bonchev–Trinajstić information content (AvgIpc) is 1.70. The Kier molecular flexibility index (Phi) is 47.6. The molecule has 1 aliphatic rings. The molecule has 0 spiro atoms. The number of aromatic hydroxyl groups is 1. The molecule has 6 aromatic carbocycles. The number of carbonyl (C=O) groups excluding carboxylic acids is 3. The SMILES string of the molecule is C.C1CCOC1.C=C(C)C(=O)OCCNC(=O)Oc1ccc(CCC(O)CC(C)O)cc1.C=C(C)C(O)OCCN=C=O.CC(O)CC(O)CCc1ccc(O)cc1.[Ir].[Ir].[c-]1c(-c2ccccn2)sc2ccccc12.[c-]1c(-c2ccccn2)sc2ccccc12.[c-]1c(-c2ccccn2)sc2ccccc12.[c-]1c(-c2ccccn2)sc2ccccc12. The number of fused-ring (bicyclic) bond motifs is 4. The van der Waals surface area contributed by atoms with Crippen LogP contribution in [0, 0.1) is 24.3 Å². The normalized spacial score (nSPS) is 12.0. The molecule has 0 saturated carbocycles. The number of thiophene rings is 4. The summed E-state index contributed by atoms with van der Waals surface area (Å²) in [5, 5.41) is 62.8.